The molecule has 2 N–H and O–H groups in total. The van der Waals surface area contributed by atoms with Crippen molar-refractivity contribution in [3.63, 3.8) is 0 Å². The number of nitrogens with two attached hydrogens (primary N) is 1. The number of benzene rings is 1. The van der Waals surface area contributed by atoms with Gasteiger partial charge in [0.25, 0.3) is 0 Å². The van der Waals surface area contributed by atoms with Crippen LogP contribution in [-0.4, -0.2) is 5.78 Å². The molecule has 0 saturated carbocycles. The molecular formula is C15H17NO. The van der Waals surface area contributed by atoms with Crippen LogP contribution in [0.15, 0.2) is 23.8 Å². The number of hydrogen-bond donors (Lipinski definition) is 1. The summed E-state index contributed by atoms with van der Waals surface area (Å²) in [5.41, 5.74) is 11.4. The summed E-state index contributed by atoms with van der Waals surface area (Å²) in [5, 5.41) is 0. The summed E-state index contributed by atoms with van der Waals surface area (Å²) in [7, 11) is 0. The quantitative estimate of drug-likeness (QED) is 0.692. The van der Waals surface area contributed by atoms with E-state index in [2.05, 4.69) is 13.8 Å². The minimum Gasteiger partial charge on any atom is -0.398 e. The first kappa shape index (κ1) is 10.6. The van der Waals surface area contributed by atoms with Crippen LogP contribution in [0.5, 0.6) is 0 Å². The molecule has 2 heteroatoms. The Kier molecular flexibility index (Phi) is 2.00. The molecule has 0 fully saturated rings. The van der Waals surface area contributed by atoms with Gasteiger partial charge >= 0.3 is 0 Å². The van der Waals surface area contributed by atoms with E-state index in [0.29, 0.717) is 12.2 Å². The number of rotatable bonds is 0. The fraction of sp³-hybridized carbons (Fsp3) is 0.400. The van der Waals surface area contributed by atoms with Gasteiger partial charge in [0.05, 0.1) is 0 Å². The molecular weight excluding hydrogens is 210 g/mol. The first-order valence-corrected chi connectivity index (χ1v) is 6.11. The summed E-state index contributed by atoms with van der Waals surface area (Å²) in [6.07, 6.45) is 2.54. The molecule has 0 radical (unpaired) electrons. The Hall–Kier alpha value is -1.57. The number of fused-ring (bicyclic) bond motifs is 2. The Morgan fingerprint density at radius 3 is 2.76 bits per heavy atom. The monoisotopic (exact) mass is 227 g/mol. The Morgan fingerprint density at radius 1 is 1.24 bits per heavy atom. The van der Waals surface area contributed by atoms with Crippen molar-refractivity contribution in [2.45, 2.75) is 33.1 Å². The molecule has 0 aliphatic heterocycles. The second-order valence-electron chi connectivity index (χ2n) is 5.97. The molecule has 0 unspecified atom stereocenters. The van der Waals surface area contributed by atoms with Gasteiger partial charge in [0.2, 0.25) is 0 Å². The van der Waals surface area contributed by atoms with E-state index in [9.17, 15) is 4.79 Å². The minimum atomic E-state index is 0.104. The maximum absolute atomic E-state index is 12.3. The van der Waals surface area contributed by atoms with Gasteiger partial charge < -0.3 is 5.73 Å². The maximum atomic E-state index is 12.3. The Bertz CT molecular complexity index is 552. The number of carbonyl (C=O) groups excluding carboxylic acids is 1. The number of anilines is 1. The second-order valence-corrected chi connectivity index (χ2v) is 5.97. The van der Waals surface area contributed by atoms with E-state index in [4.69, 9.17) is 5.73 Å². The Labute approximate surface area is 102 Å². The molecule has 1 aromatic carbocycles. The van der Waals surface area contributed by atoms with Gasteiger partial charge in [0.15, 0.2) is 5.78 Å². The highest BCUT2D eigenvalue weighted by atomic mass is 16.1. The van der Waals surface area contributed by atoms with Gasteiger partial charge in [-0.25, -0.2) is 0 Å². The van der Waals surface area contributed by atoms with Crippen molar-refractivity contribution in [1.29, 1.82) is 0 Å². The smallest absolute Gasteiger partial charge is 0.163 e. The fourth-order valence-electron chi connectivity index (χ4n) is 3.19. The summed E-state index contributed by atoms with van der Waals surface area (Å²) in [5.74, 6) is 0.292. The third kappa shape index (κ3) is 1.51. The third-order valence-electron chi connectivity index (χ3n) is 3.84. The molecule has 0 saturated heterocycles. The van der Waals surface area contributed by atoms with Gasteiger partial charge in [-0.1, -0.05) is 31.6 Å². The first-order chi connectivity index (χ1) is 7.98. The van der Waals surface area contributed by atoms with Crippen LogP contribution in [0.1, 0.15) is 37.8 Å². The number of hydrogen-bond acceptors (Lipinski definition) is 2. The number of Topliss-reactive ketones (excluding diaryl/α,β-unsaturated/α-hetero) is 1. The van der Waals surface area contributed by atoms with Crippen LogP contribution in [0.4, 0.5) is 5.69 Å². The summed E-state index contributed by atoms with van der Waals surface area (Å²) < 4.78 is 0. The van der Waals surface area contributed by atoms with Crippen LogP contribution in [-0.2, 0) is 11.2 Å². The standard InChI is InChI=1S/C15H17NO/c1-15(2)7-9-6-11-10(4-3-5-12(11)16)14(9)13(17)8-15/h3-5H,6-8,16H2,1-2H3. The SMILES string of the molecule is CC1(C)CC(=O)C2=C(Cc3c(N)cccc32)C1. The molecule has 0 spiro atoms. The van der Waals surface area contributed by atoms with Gasteiger partial charge in [0.1, 0.15) is 0 Å². The highest BCUT2D eigenvalue weighted by molar-refractivity contribution is 6.24. The number of allylic oxidation sites excluding steroid dienone is 2. The van der Waals surface area contributed by atoms with E-state index >= 15 is 0 Å². The van der Waals surface area contributed by atoms with Crippen molar-refractivity contribution < 1.29 is 4.79 Å². The zero-order chi connectivity index (χ0) is 12.2. The number of nitrogen functional groups attached to an aromatic ring is 1. The van der Waals surface area contributed by atoms with Gasteiger partial charge in [-0.3, -0.25) is 4.79 Å². The molecule has 88 valence electrons. The molecule has 0 atom stereocenters. The average molecular weight is 227 g/mol. The van der Waals surface area contributed by atoms with Gasteiger partial charge in [-0.05, 0) is 35.4 Å². The summed E-state index contributed by atoms with van der Waals surface area (Å²) in [4.78, 5) is 12.3. The van der Waals surface area contributed by atoms with E-state index in [1.165, 1.54) is 5.57 Å². The van der Waals surface area contributed by atoms with Crippen molar-refractivity contribution >= 4 is 17.0 Å². The third-order valence-corrected chi connectivity index (χ3v) is 3.84. The van der Waals surface area contributed by atoms with Crippen molar-refractivity contribution in [2.75, 3.05) is 5.73 Å². The number of carbonyl (C=O) groups is 1. The number of ketones is 1. The Morgan fingerprint density at radius 2 is 2.00 bits per heavy atom. The molecule has 0 aromatic heterocycles. The van der Waals surface area contributed by atoms with Crippen molar-refractivity contribution in [1.82, 2.24) is 0 Å². The molecule has 1 aromatic rings. The molecule has 2 aliphatic carbocycles. The van der Waals surface area contributed by atoms with Crippen molar-refractivity contribution in [3.05, 3.63) is 34.9 Å². The summed E-state index contributed by atoms with van der Waals surface area (Å²) in [6.45, 7) is 4.34. The lowest BCUT2D eigenvalue weighted by Gasteiger charge is -2.29. The molecule has 0 bridgehead atoms. The molecule has 3 rings (SSSR count). The first-order valence-electron chi connectivity index (χ1n) is 6.11. The highest BCUT2D eigenvalue weighted by Crippen LogP contribution is 2.47. The lowest BCUT2D eigenvalue weighted by atomic mass is 9.74. The van der Waals surface area contributed by atoms with E-state index in [1.807, 2.05) is 18.2 Å². The lowest BCUT2D eigenvalue weighted by Crippen LogP contribution is -2.23. The molecule has 2 aliphatic rings. The molecule has 17 heavy (non-hydrogen) atoms. The molecule has 0 heterocycles. The normalized spacial score (nSPS) is 21.4. The van der Waals surface area contributed by atoms with Crippen molar-refractivity contribution in [2.24, 2.45) is 5.41 Å². The van der Waals surface area contributed by atoms with Crippen LogP contribution >= 0.6 is 0 Å². The summed E-state index contributed by atoms with van der Waals surface area (Å²) in [6, 6.07) is 5.90. The zero-order valence-corrected chi connectivity index (χ0v) is 10.3. The van der Waals surface area contributed by atoms with Crippen LogP contribution in [0.25, 0.3) is 5.57 Å². The van der Waals surface area contributed by atoms with Gasteiger partial charge in [0, 0.05) is 17.7 Å². The van der Waals surface area contributed by atoms with Gasteiger partial charge in [-0.15, -0.1) is 0 Å². The van der Waals surface area contributed by atoms with Crippen LogP contribution < -0.4 is 5.73 Å². The van der Waals surface area contributed by atoms with E-state index in [0.717, 1.165) is 35.2 Å². The van der Waals surface area contributed by atoms with Crippen molar-refractivity contribution in [3.8, 4) is 0 Å². The Balaban J connectivity index is 2.14. The fourth-order valence-corrected chi connectivity index (χ4v) is 3.19. The predicted molar refractivity (Wildman–Crippen MR) is 69.5 cm³/mol. The van der Waals surface area contributed by atoms with E-state index < -0.39 is 0 Å². The topological polar surface area (TPSA) is 43.1 Å². The van der Waals surface area contributed by atoms with Gasteiger partial charge in [-0.2, -0.15) is 0 Å². The zero-order valence-electron chi connectivity index (χ0n) is 10.3. The molecule has 0 amide bonds. The maximum Gasteiger partial charge on any atom is 0.163 e. The minimum absolute atomic E-state index is 0.104. The van der Waals surface area contributed by atoms with Crippen LogP contribution in [0.3, 0.4) is 0 Å². The highest BCUT2D eigenvalue weighted by Gasteiger charge is 2.37. The van der Waals surface area contributed by atoms with Crippen LogP contribution in [0, 0.1) is 5.41 Å². The summed E-state index contributed by atoms with van der Waals surface area (Å²) >= 11 is 0. The van der Waals surface area contributed by atoms with E-state index in [-0.39, 0.29) is 5.41 Å². The second kappa shape index (κ2) is 3.22. The predicted octanol–water partition coefficient (Wildman–Crippen LogP) is 2.97. The van der Waals surface area contributed by atoms with E-state index in [1.54, 1.807) is 0 Å². The van der Waals surface area contributed by atoms with Crippen LogP contribution in [0.2, 0.25) is 0 Å². The largest absolute Gasteiger partial charge is 0.398 e. The molecule has 2 nitrogen and oxygen atoms in total. The average Bonchev–Trinajstić information content (AvgIpc) is 2.55. The lowest BCUT2D eigenvalue weighted by molar-refractivity contribution is -0.116.